The molecule has 24 heavy (non-hydrogen) atoms. The molecule has 0 amide bonds. The van der Waals surface area contributed by atoms with E-state index >= 15 is 0 Å². The fraction of sp³-hybridized carbons (Fsp3) is 0.600. The number of benzene rings is 1. The van der Waals surface area contributed by atoms with Crippen molar-refractivity contribution in [2.24, 2.45) is 5.92 Å². The summed E-state index contributed by atoms with van der Waals surface area (Å²) in [5.41, 5.74) is 1.54. The molecule has 0 heterocycles. The van der Waals surface area contributed by atoms with Gasteiger partial charge in [0.2, 0.25) is 0 Å². The van der Waals surface area contributed by atoms with Crippen LogP contribution < -0.4 is 0 Å². The highest BCUT2D eigenvalue weighted by Gasteiger charge is 2.23. The third-order valence-electron chi connectivity index (χ3n) is 3.65. The van der Waals surface area contributed by atoms with Crippen molar-refractivity contribution in [1.82, 2.24) is 0 Å². The molecule has 134 valence electrons. The van der Waals surface area contributed by atoms with Gasteiger partial charge in [0.25, 0.3) is 0 Å². The maximum absolute atomic E-state index is 12.5. The maximum Gasteiger partial charge on any atom is 0.339 e. The van der Waals surface area contributed by atoms with Crippen molar-refractivity contribution in [3.05, 3.63) is 34.9 Å². The van der Waals surface area contributed by atoms with Crippen LogP contribution in [0.3, 0.4) is 0 Å². The number of carbonyl (C=O) groups is 2. The molecule has 0 aliphatic heterocycles. The zero-order valence-corrected chi connectivity index (χ0v) is 15.4. The molecular weight excluding hydrogens is 304 g/mol. The summed E-state index contributed by atoms with van der Waals surface area (Å²) in [5.74, 6) is -0.631. The second-order valence-corrected chi connectivity index (χ2v) is 6.43. The van der Waals surface area contributed by atoms with Crippen LogP contribution >= 0.6 is 0 Å². The smallest absolute Gasteiger partial charge is 0.339 e. The van der Waals surface area contributed by atoms with Gasteiger partial charge in [-0.3, -0.25) is 0 Å². The molecule has 0 aromatic heterocycles. The molecule has 1 aromatic rings. The molecule has 0 N–H and O–H groups in total. The molecule has 0 aliphatic rings. The Morgan fingerprint density at radius 2 is 1.71 bits per heavy atom. The first-order valence-corrected chi connectivity index (χ1v) is 8.97. The number of hydrogen-bond acceptors (Lipinski definition) is 4. The van der Waals surface area contributed by atoms with Crippen LogP contribution in [0.5, 0.6) is 0 Å². The van der Waals surface area contributed by atoms with Crippen molar-refractivity contribution >= 4 is 11.9 Å². The molecule has 4 nitrogen and oxygen atoms in total. The summed E-state index contributed by atoms with van der Waals surface area (Å²) in [6.45, 7) is 8.80. The predicted octanol–water partition coefficient (Wildman–Crippen LogP) is 4.80. The summed E-state index contributed by atoms with van der Waals surface area (Å²) in [5, 5.41) is 0. The fourth-order valence-corrected chi connectivity index (χ4v) is 2.29. The van der Waals surface area contributed by atoms with Crippen LogP contribution in [0.1, 0.15) is 79.7 Å². The Labute approximate surface area is 145 Å². The second-order valence-electron chi connectivity index (χ2n) is 6.43. The van der Waals surface area contributed by atoms with Gasteiger partial charge >= 0.3 is 11.9 Å². The number of carbonyl (C=O) groups excluding carboxylic acids is 2. The lowest BCUT2D eigenvalue weighted by Crippen LogP contribution is -2.18. The van der Waals surface area contributed by atoms with Gasteiger partial charge < -0.3 is 9.47 Å². The van der Waals surface area contributed by atoms with Crippen molar-refractivity contribution < 1.29 is 19.1 Å². The molecule has 0 bridgehead atoms. The first kappa shape index (κ1) is 20.2. The van der Waals surface area contributed by atoms with Gasteiger partial charge in [0.05, 0.1) is 24.3 Å². The van der Waals surface area contributed by atoms with Crippen LogP contribution in [0.25, 0.3) is 0 Å². The van der Waals surface area contributed by atoms with Gasteiger partial charge in [-0.1, -0.05) is 52.7 Å². The SMILES string of the molecule is CCCCOC(=O)c1c(CCCC)cccc1C(=O)OCC(C)C. The lowest BCUT2D eigenvalue weighted by atomic mass is 9.97. The number of rotatable bonds is 10. The van der Waals surface area contributed by atoms with E-state index in [1.54, 1.807) is 12.1 Å². The van der Waals surface area contributed by atoms with Gasteiger partial charge in [-0.25, -0.2) is 9.59 Å². The molecule has 0 saturated carbocycles. The lowest BCUT2D eigenvalue weighted by molar-refractivity contribution is 0.0427. The number of hydrogen-bond donors (Lipinski definition) is 0. The minimum absolute atomic E-state index is 0.247. The van der Waals surface area contributed by atoms with Gasteiger partial charge in [0.1, 0.15) is 0 Å². The maximum atomic E-state index is 12.5. The number of esters is 2. The first-order chi connectivity index (χ1) is 11.5. The van der Waals surface area contributed by atoms with Crippen molar-refractivity contribution in [3.8, 4) is 0 Å². The Kier molecular flexibility index (Phi) is 9.13. The van der Waals surface area contributed by atoms with Gasteiger partial charge in [-0.2, -0.15) is 0 Å². The Morgan fingerprint density at radius 1 is 1.00 bits per heavy atom. The minimum Gasteiger partial charge on any atom is -0.462 e. The monoisotopic (exact) mass is 334 g/mol. The molecule has 0 unspecified atom stereocenters. The largest absolute Gasteiger partial charge is 0.462 e. The van der Waals surface area contributed by atoms with E-state index in [2.05, 4.69) is 6.92 Å². The summed E-state index contributed by atoms with van der Waals surface area (Å²) >= 11 is 0. The average Bonchev–Trinajstić information content (AvgIpc) is 2.57. The highest BCUT2D eigenvalue weighted by atomic mass is 16.5. The molecule has 4 heteroatoms. The molecule has 0 fully saturated rings. The Balaban J connectivity index is 3.07. The Morgan fingerprint density at radius 3 is 2.33 bits per heavy atom. The second kappa shape index (κ2) is 10.8. The van der Waals surface area contributed by atoms with Crippen LogP contribution in [0.4, 0.5) is 0 Å². The van der Waals surface area contributed by atoms with E-state index in [9.17, 15) is 9.59 Å². The van der Waals surface area contributed by atoms with Crippen molar-refractivity contribution in [1.29, 1.82) is 0 Å². The topological polar surface area (TPSA) is 52.6 Å². The minimum atomic E-state index is -0.454. The summed E-state index contributed by atoms with van der Waals surface area (Å²) in [6, 6.07) is 5.35. The van der Waals surface area contributed by atoms with E-state index in [-0.39, 0.29) is 5.92 Å². The summed E-state index contributed by atoms with van der Waals surface area (Å²) in [4.78, 5) is 24.9. The highest BCUT2D eigenvalue weighted by molar-refractivity contribution is 6.04. The van der Waals surface area contributed by atoms with Crippen LogP contribution in [-0.4, -0.2) is 25.2 Å². The number of unbranched alkanes of at least 4 members (excludes halogenated alkanes) is 2. The Bertz CT molecular complexity index is 534. The summed E-state index contributed by atoms with van der Waals surface area (Å²) in [6.07, 6.45) is 4.50. The van der Waals surface area contributed by atoms with E-state index in [0.717, 1.165) is 37.7 Å². The first-order valence-electron chi connectivity index (χ1n) is 8.97. The third kappa shape index (κ3) is 6.34. The van der Waals surface area contributed by atoms with Crippen LogP contribution in [0, 0.1) is 5.92 Å². The zero-order chi connectivity index (χ0) is 17.9. The zero-order valence-electron chi connectivity index (χ0n) is 15.4. The molecule has 0 spiro atoms. The van der Waals surface area contributed by atoms with E-state index in [0.29, 0.717) is 24.3 Å². The fourth-order valence-electron chi connectivity index (χ4n) is 2.29. The molecular formula is C20H30O4. The number of aryl methyl sites for hydroxylation is 1. The normalized spacial score (nSPS) is 10.7. The molecule has 1 rings (SSSR count). The molecule has 0 atom stereocenters. The van der Waals surface area contributed by atoms with Gasteiger partial charge in [-0.15, -0.1) is 0 Å². The average molecular weight is 334 g/mol. The van der Waals surface area contributed by atoms with Gasteiger partial charge in [-0.05, 0) is 36.8 Å². The van der Waals surface area contributed by atoms with E-state index in [1.807, 2.05) is 26.8 Å². The van der Waals surface area contributed by atoms with E-state index < -0.39 is 11.9 Å². The van der Waals surface area contributed by atoms with Gasteiger partial charge in [0, 0.05) is 0 Å². The summed E-state index contributed by atoms with van der Waals surface area (Å²) in [7, 11) is 0. The number of ether oxygens (including phenoxy) is 2. The van der Waals surface area contributed by atoms with Gasteiger partial charge in [0.15, 0.2) is 0 Å². The van der Waals surface area contributed by atoms with Crippen LogP contribution in [0.2, 0.25) is 0 Å². The molecule has 0 aliphatic carbocycles. The third-order valence-corrected chi connectivity index (χ3v) is 3.65. The van der Waals surface area contributed by atoms with Crippen LogP contribution in [0.15, 0.2) is 18.2 Å². The van der Waals surface area contributed by atoms with E-state index in [1.165, 1.54) is 0 Å². The highest BCUT2D eigenvalue weighted by Crippen LogP contribution is 2.20. The van der Waals surface area contributed by atoms with Crippen molar-refractivity contribution in [2.75, 3.05) is 13.2 Å². The standard InChI is InChI=1S/C20H30O4/c1-5-7-10-16-11-9-12-17(19(21)24-14-15(3)4)18(16)20(22)23-13-8-6-2/h9,11-12,15H,5-8,10,13-14H2,1-4H3. The predicted molar refractivity (Wildman–Crippen MR) is 95.4 cm³/mol. The van der Waals surface area contributed by atoms with Crippen LogP contribution in [-0.2, 0) is 15.9 Å². The molecule has 0 saturated heterocycles. The lowest BCUT2D eigenvalue weighted by Gasteiger charge is -2.14. The quantitative estimate of drug-likeness (QED) is 0.455. The van der Waals surface area contributed by atoms with Crippen molar-refractivity contribution in [3.63, 3.8) is 0 Å². The molecule has 0 radical (unpaired) electrons. The Hall–Kier alpha value is -1.84. The summed E-state index contributed by atoms with van der Waals surface area (Å²) < 4.78 is 10.7. The van der Waals surface area contributed by atoms with Crippen molar-refractivity contribution in [2.45, 2.75) is 59.8 Å². The van der Waals surface area contributed by atoms with E-state index in [4.69, 9.17) is 9.47 Å². The molecule has 1 aromatic carbocycles.